The van der Waals surface area contributed by atoms with E-state index in [1.165, 1.54) is 24.8 Å². The zero-order valence-corrected chi connectivity index (χ0v) is 9.90. The first-order valence-corrected chi connectivity index (χ1v) is 5.85. The summed E-state index contributed by atoms with van der Waals surface area (Å²) in [6, 6.07) is 0.715. The Morgan fingerprint density at radius 2 is 2.33 bits per heavy atom. The second-order valence-corrected chi connectivity index (χ2v) is 4.82. The van der Waals surface area contributed by atoms with Gasteiger partial charge in [-0.25, -0.2) is 0 Å². The molecule has 1 fully saturated rings. The van der Waals surface area contributed by atoms with Crippen molar-refractivity contribution in [2.75, 3.05) is 7.05 Å². The van der Waals surface area contributed by atoms with E-state index in [1.54, 1.807) is 0 Å². The molecular formula is C12H21N3. The smallest absolute Gasteiger partial charge is 0.0521 e. The maximum atomic E-state index is 4.22. The SMILES string of the molecule is CNC1CCC(Cc2cnn(C)c2)C1C. The highest BCUT2D eigenvalue weighted by Gasteiger charge is 2.31. The van der Waals surface area contributed by atoms with Crippen LogP contribution in [-0.4, -0.2) is 22.9 Å². The van der Waals surface area contributed by atoms with E-state index in [0.717, 1.165) is 11.8 Å². The van der Waals surface area contributed by atoms with Gasteiger partial charge in [0.15, 0.2) is 0 Å². The molecule has 0 saturated heterocycles. The second-order valence-electron chi connectivity index (χ2n) is 4.82. The highest BCUT2D eigenvalue weighted by atomic mass is 15.2. The first-order chi connectivity index (χ1) is 7.20. The Morgan fingerprint density at radius 1 is 1.53 bits per heavy atom. The lowest BCUT2D eigenvalue weighted by Gasteiger charge is -2.19. The van der Waals surface area contributed by atoms with Crippen LogP contribution in [0.25, 0.3) is 0 Å². The van der Waals surface area contributed by atoms with Gasteiger partial charge in [-0.1, -0.05) is 6.92 Å². The monoisotopic (exact) mass is 207 g/mol. The maximum Gasteiger partial charge on any atom is 0.0521 e. The van der Waals surface area contributed by atoms with Gasteiger partial charge >= 0.3 is 0 Å². The summed E-state index contributed by atoms with van der Waals surface area (Å²) in [6.07, 6.45) is 8.00. The van der Waals surface area contributed by atoms with E-state index in [2.05, 4.69) is 30.6 Å². The number of aromatic nitrogens is 2. The molecular weight excluding hydrogens is 186 g/mol. The number of nitrogens with one attached hydrogen (secondary N) is 1. The zero-order chi connectivity index (χ0) is 10.8. The van der Waals surface area contributed by atoms with Gasteiger partial charge in [-0.15, -0.1) is 0 Å². The van der Waals surface area contributed by atoms with Gasteiger partial charge in [0.25, 0.3) is 0 Å². The van der Waals surface area contributed by atoms with Crippen molar-refractivity contribution in [2.24, 2.45) is 18.9 Å². The summed E-state index contributed by atoms with van der Waals surface area (Å²) in [5.74, 6) is 1.61. The van der Waals surface area contributed by atoms with Crippen molar-refractivity contribution in [1.29, 1.82) is 0 Å². The molecule has 1 aromatic rings. The van der Waals surface area contributed by atoms with Crippen molar-refractivity contribution < 1.29 is 0 Å². The molecule has 1 N–H and O–H groups in total. The first-order valence-electron chi connectivity index (χ1n) is 5.85. The largest absolute Gasteiger partial charge is 0.317 e. The van der Waals surface area contributed by atoms with Crippen molar-refractivity contribution in [3.8, 4) is 0 Å². The van der Waals surface area contributed by atoms with Crippen molar-refractivity contribution in [3.05, 3.63) is 18.0 Å². The molecule has 3 atom stereocenters. The Labute approximate surface area is 91.9 Å². The van der Waals surface area contributed by atoms with Gasteiger partial charge in [-0.3, -0.25) is 4.68 Å². The normalized spacial score (nSPS) is 31.0. The van der Waals surface area contributed by atoms with Crippen molar-refractivity contribution in [1.82, 2.24) is 15.1 Å². The summed E-state index contributed by atoms with van der Waals surface area (Å²) in [6.45, 7) is 2.37. The lowest BCUT2D eigenvalue weighted by molar-refractivity contribution is 0.364. The summed E-state index contributed by atoms with van der Waals surface area (Å²) >= 11 is 0. The Kier molecular flexibility index (Phi) is 3.10. The van der Waals surface area contributed by atoms with Crippen LogP contribution in [0.1, 0.15) is 25.3 Å². The third-order valence-corrected chi connectivity index (χ3v) is 3.85. The summed E-state index contributed by atoms with van der Waals surface area (Å²) < 4.78 is 1.89. The van der Waals surface area contributed by atoms with Gasteiger partial charge in [-0.2, -0.15) is 5.10 Å². The van der Waals surface area contributed by atoms with E-state index in [9.17, 15) is 0 Å². The molecule has 3 heteroatoms. The summed E-state index contributed by atoms with van der Waals surface area (Å²) in [5, 5.41) is 7.64. The van der Waals surface area contributed by atoms with E-state index in [4.69, 9.17) is 0 Å². The average Bonchev–Trinajstić information content (AvgIpc) is 2.76. The van der Waals surface area contributed by atoms with Gasteiger partial charge in [0.2, 0.25) is 0 Å². The van der Waals surface area contributed by atoms with Crippen LogP contribution in [-0.2, 0) is 13.5 Å². The quantitative estimate of drug-likeness (QED) is 0.816. The fourth-order valence-corrected chi connectivity index (χ4v) is 2.82. The topological polar surface area (TPSA) is 29.9 Å². The molecule has 2 rings (SSSR count). The molecule has 3 nitrogen and oxygen atoms in total. The maximum absolute atomic E-state index is 4.22. The number of aryl methyl sites for hydroxylation is 1. The van der Waals surface area contributed by atoms with E-state index in [0.29, 0.717) is 6.04 Å². The molecule has 0 aromatic carbocycles. The molecule has 1 aliphatic rings. The lowest BCUT2D eigenvalue weighted by Crippen LogP contribution is -2.29. The first kappa shape index (κ1) is 10.7. The Hall–Kier alpha value is -0.830. The van der Waals surface area contributed by atoms with Crippen LogP contribution in [0.4, 0.5) is 0 Å². The van der Waals surface area contributed by atoms with Crippen molar-refractivity contribution >= 4 is 0 Å². The molecule has 0 aliphatic heterocycles. The van der Waals surface area contributed by atoms with E-state index < -0.39 is 0 Å². The number of hydrogen-bond donors (Lipinski definition) is 1. The second kappa shape index (κ2) is 4.35. The molecule has 1 saturated carbocycles. The third kappa shape index (κ3) is 2.23. The lowest BCUT2D eigenvalue weighted by atomic mass is 9.91. The molecule has 0 radical (unpaired) electrons. The highest BCUT2D eigenvalue weighted by Crippen LogP contribution is 2.33. The molecule has 84 valence electrons. The van der Waals surface area contributed by atoms with Crippen molar-refractivity contribution in [3.63, 3.8) is 0 Å². The number of nitrogens with zero attached hydrogens (tertiary/aromatic N) is 2. The Bertz CT molecular complexity index is 318. The fraction of sp³-hybridized carbons (Fsp3) is 0.750. The highest BCUT2D eigenvalue weighted by molar-refractivity contribution is 5.06. The summed E-state index contributed by atoms with van der Waals surface area (Å²) in [4.78, 5) is 0. The van der Waals surface area contributed by atoms with Crippen LogP contribution in [0.5, 0.6) is 0 Å². The molecule has 15 heavy (non-hydrogen) atoms. The molecule has 3 unspecified atom stereocenters. The average molecular weight is 207 g/mol. The van der Waals surface area contributed by atoms with Gasteiger partial charge in [0.05, 0.1) is 6.20 Å². The van der Waals surface area contributed by atoms with E-state index in [1.807, 2.05) is 17.9 Å². The fourth-order valence-electron chi connectivity index (χ4n) is 2.82. The molecule has 0 spiro atoms. The minimum atomic E-state index is 0.715. The molecule has 0 bridgehead atoms. The predicted octanol–water partition coefficient (Wildman–Crippen LogP) is 1.60. The van der Waals surface area contributed by atoms with E-state index in [-0.39, 0.29) is 0 Å². The number of rotatable bonds is 3. The minimum absolute atomic E-state index is 0.715. The van der Waals surface area contributed by atoms with Crippen LogP contribution < -0.4 is 5.32 Å². The summed E-state index contributed by atoms with van der Waals surface area (Å²) in [5.41, 5.74) is 1.38. The Balaban J connectivity index is 1.96. The van der Waals surface area contributed by atoms with Crippen LogP contribution >= 0.6 is 0 Å². The van der Waals surface area contributed by atoms with Crippen LogP contribution in [0.2, 0.25) is 0 Å². The van der Waals surface area contributed by atoms with Crippen molar-refractivity contribution in [2.45, 2.75) is 32.2 Å². The minimum Gasteiger partial charge on any atom is -0.317 e. The Morgan fingerprint density at radius 3 is 2.87 bits per heavy atom. The standard InChI is InChI=1S/C12H21N3/c1-9-11(4-5-12(9)13-2)6-10-7-14-15(3)8-10/h7-9,11-13H,4-6H2,1-3H3. The molecule has 1 aromatic heterocycles. The van der Waals surface area contributed by atoms with Crippen LogP contribution in [0, 0.1) is 11.8 Å². The van der Waals surface area contributed by atoms with Gasteiger partial charge in [0.1, 0.15) is 0 Å². The van der Waals surface area contributed by atoms with Gasteiger partial charge in [0, 0.05) is 19.3 Å². The molecule has 1 heterocycles. The predicted molar refractivity (Wildman–Crippen MR) is 61.6 cm³/mol. The van der Waals surface area contributed by atoms with Crippen LogP contribution in [0.15, 0.2) is 12.4 Å². The third-order valence-electron chi connectivity index (χ3n) is 3.85. The van der Waals surface area contributed by atoms with Gasteiger partial charge < -0.3 is 5.32 Å². The zero-order valence-electron chi connectivity index (χ0n) is 9.90. The van der Waals surface area contributed by atoms with Gasteiger partial charge in [-0.05, 0) is 43.7 Å². The molecule has 0 amide bonds. The summed E-state index contributed by atoms with van der Waals surface area (Å²) in [7, 11) is 4.06. The van der Waals surface area contributed by atoms with Crippen LogP contribution in [0.3, 0.4) is 0 Å². The number of hydrogen-bond acceptors (Lipinski definition) is 2. The molecule has 1 aliphatic carbocycles. The van der Waals surface area contributed by atoms with E-state index >= 15 is 0 Å².